The minimum Gasteiger partial charge on any atom is -0.396 e. The fraction of sp³-hybridized carbons (Fsp3) is 0.786. The first-order chi connectivity index (χ1) is 8.60. The van der Waals surface area contributed by atoms with E-state index in [1.165, 1.54) is 24.5 Å². The third kappa shape index (κ3) is 3.31. The molecule has 1 fully saturated rings. The molecule has 0 aromatic carbocycles. The van der Waals surface area contributed by atoms with Crippen LogP contribution in [0.25, 0.3) is 0 Å². The summed E-state index contributed by atoms with van der Waals surface area (Å²) in [5.74, 6) is 0.932. The van der Waals surface area contributed by atoms with Crippen LogP contribution >= 0.6 is 11.3 Å². The van der Waals surface area contributed by atoms with Crippen LogP contribution in [0.2, 0.25) is 0 Å². The normalized spacial score (nSPS) is 22.8. The summed E-state index contributed by atoms with van der Waals surface area (Å²) in [4.78, 5) is 7.21. The van der Waals surface area contributed by atoms with Gasteiger partial charge in [-0.05, 0) is 32.7 Å². The lowest BCUT2D eigenvalue weighted by Gasteiger charge is -2.19. The molecule has 0 radical (unpaired) electrons. The fourth-order valence-corrected chi connectivity index (χ4v) is 3.52. The third-order valence-corrected chi connectivity index (χ3v) is 4.75. The number of aliphatic hydroxyl groups is 1. The van der Waals surface area contributed by atoms with Crippen molar-refractivity contribution < 1.29 is 5.11 Å². The minimum atomic E-state index is 0.172. The van der Waals surface area contributed by atoms with Gasteiger partial charge in [-0.25, -0.2) is 4.98 Å². The summed E-state index contributed by atoms with van der Waals surface area (Å²) in [7, 11) is 0. The summed E-state index contributed by atoms with van der Waals surface area (Å²) >= 11 is 1.75. The highest BCUT2D eigenvalue weighted by Gasteiger charge is 2.25. The van der Waals surface area contributed by atoms with Crippen LogP contribution in [-0.4, -0.2) is 40.7 Å². The summed E-state index contributed by atoms with van der Waals surface area (Å²) < 4.78 is 0. The Morgan fingerprint density at radius 3 is 2.89 bits per heavy atom. The molecule has 3 nitrogen and oxygen atoms in total. The van der Waals surface area contributed by atoms with Crippen LogP contribution < -0.4 is 0 Å². The predicted octanol–water partition coefficient (Wildman–Crippen LogP) is 2.51. The lowest BCUT2D eigenvalue weighted by atomic mass is 10.1. The molecule has 2 unspecified atom stereocenters. The minimum absolute atomic E-state index is 0.172. The van der Waals surface area contributed by atoms with E-state index >= 15 is 0 Å². The molecule has 2 rings (SSSR count). The molecule has 1 aromatic rings. The van der Waals surface area contributed by atoms with Gasteiger partial charge in [0.25, 0.3) is 0 Å². The number of nitrogens with zero attached hydrogens (tertiary/aromatic N) is 2. The molecular weight excluding hydrogens is 244 g/mol. The molecule has 1 aromatic heterocycles. The second-order valence-corrected chi connectivity index (χ2v) is 6.64. The lowest BCUT2D eigenvalue weighted by Crippen LogP contribution is -2.28. The first-order valence-corrected chi connectivity index (χ1v) is 7.77. The first-order valence-electron chi connectivity index (χ1n) is 6.89. The summed E-state index contributed by atoms with van der Waals surface area (Å²) in [5, 5.41) is 12.5. The molecule has 1 aliphatic rings. The SMILES string of the molecule is CC(CO)c1csc(CC2CCN(C(C)C)C2)n1. The number of aliphatic hydroxyl groups excluding tert-OH is 1. The number of aromatic nitrogens is 1. The first kappa shape index (κ1) is 14.0. The molecule has 2 atom stereocenters. The van der Waals surface area contributed by atoms with Gasteiger partial charge in [-0.3, -0.25) is 0 Å². The molecule has 0 amide bonds. The number of likely N-dealkylation sites (tertiary alicyclic amines) is 1. The zero-order valence-corrected chi connectivity index (χ0v) is 12.4. The Morgan fingerprint density at radius 1 is 1.50 bits per heavy atom. The number of rotatable bonds is 5. The molecule has 1 aliphatic heterocycles. The van der Waals surface area contributed by atoms with Gasteiger partial charge in [0.05, 0.1) is 17.3 Å². The number of hydrogen-bond donors (Lipinski definition) is 1. The topological polar surface area (TPSA) is 36.4 Å². The maximum absolute atomic E-state index is 9.14. The Kier molecular flexibility index (Phi) is 4.76. The maximum Gasteiger partial charge on any atom is 0.0931 e. The average molecular weight is 268 g/mol. The van der Waals surface area contributed by atoms with Crippen LogP contribution in [0, 0.1) is 5.92 Å². The lowest BCUT2D eigenvalue weighted by molar-refractivity contribution is 0.264. The summed E-state index contributed by atoms with van der Waals surface area (Å²) in [6, 6.07) is 0.663. The summed E-state index contributed by atoms with van der Waals surface area (Å²) in [5.41, 5.74) is 1.05. The largest absolute Gasteiger partial charge is 0.396 e. The molecule has 2 heterocycles. The van der Waals surface area contributed by atoms with E-state index in [0.717, 1.165) is 18.0 Å². The molecule has 1 saturated heterocycles. The van der Waals surface area contributed by atoms with Gasteiger partial charge >= 0.3 is 0 Å². The van der Waals surface area contributed by atoms with E-state index in [1.807, 2.05) is 6.92 Å². The summed E-state index contributed by atoms with van der Waals surface area (Å²) in [6.07, 6.45) is 2.40. The van der Waals surface area contributed by atoms with Crippen LogP contribution in [-0.2, 0) is 6.42 Å². The van der Waals surface area contributed by atoms with Crippen LogP contribution in [0.5, 0.6) is 0 Å². The van der Waals surface area contributed by atoms with Crippen molar-refractivity contribution in [2.45, 2.75) is 45.6 Å². The second kappa shape index (κ2) is 6.13. The van der Waals surface area contributed by atoms with E-state index in [1.54, 1.807) is 11.3 Å². The monoisotopic (exact) mass is 268 g/mol. The zero-order valence-electron chi connectivity index (χ0n) is 11.6. The van der Waals surface area contributed by atoms with Crippen LogP contribution in [0.15, 0.2) is 5.38 Å². The van der Waals surface area contributed by atoms with Gasteiger partial charge in [-0.15, -0.1) is 11.3 Å². The van der Waals surface area contributed by atoms with Gasteiger partial charge in [0.2, 0.25) is 0 Å². The number of hydrogen-bond acceptors (Lipinski definition) is 4. The van der Waals surface area contributed by atoms with Gasteiger partial charge in [0, 0.05) is 30.3 Å². The molecule has 4 heteroatoms. The molecule has 0 aliphatic carbocycles. The van der Waals surface area contributed by atoms with Crippen LogP contribution in [0.1, 0.15) is 43.8 Å². The van der Waals surface area contributed by atoms with Crippen molar-refractivity contribution in [1.29, 1.82) is 0 Å². The van der Waals surface area contributed by atoms with Crippen molar-refractivity contribution >= 4 is 11.3 Å². The molecule has 1 N–H and O–H groups in total. The van der Waals surface area contributed by atoms with Gasteiger partial charge < -0.3 is 10.0 Å². The van der Waals surface area contributed by atoms with Crippen LogP contribution in [0.3, 0.4) is 0 Å². The molecule has 0 saturated carbocycles. The van der Waals surface area contributed by atoms with Gasteiger partial charge in [0.1, 0.15) is 0 Å². The highest BCUT2D eigenvalue weighted by Crippen LogP contribution is 2.25. The van der Waals surface area contributed by atoms with E-state index in [-0.39, 0.29) is 12.5 Å². The Balaban J connectivity index is 1.89. The van der Waals surface area contributed by atoms with Gasteiger partial charge in [0.15, 0.2) is 0 Å². The highest BCUT2D eigenvalue weighted by molar-refractivity contribution is 7.09. The Morgan fingerprint density at radius 2 is 2.28 bits per heavy atom. The summed E-state index contributed by atoms with van der Waals surface area (Å²) in [6.45, 7) is 9.19. The molecule has 18 heavy (non-hydrogen) atoms. The van der Waals surface area contributed by atoms with Crippen molar-refractivity contribution in [3.8, 4) is 0 Å². The molecule has 102 valence electrons. The van der Waals surface area contributed by atoms with Crippen molar-refractivity contribution in [2.75, 3.05) is 19.7 Å². The standard InChI is InChI=1S/C14H24N2OS/c1-10(2)16-5-4-12(7-16)6-14-15-13(9-18-14)11(3)8-17/h9-12,17H,4-8H2,1-3H3. The fourth-order valence-electron chi connectivity index (χ4n) is 2.48. The van der Waals surface area contributed by atoms with E-state index < -0.39 is 0 Å². The van der Waals surface area contributed by atoms with Crippen LogP contribution in [0.4, 0.5) is 0 Å². The predicted molar refractivity (Wildman–Crippen MR) is 76.1 cm³/mol. The molecule has 0 spiro atoms. The average Bonchev–Trinajstić information content (AvgIpc) is 2.98. The highest BCUT2D eigenvalue weighted by atomic mass is 32.1. The third-order valence-electron chi connectivity index (χ3n) is 3.86. The number of thiazole rings is 1. The Hall–Kier alpha value is -0.450. The molecule has 0 bridgehead atoms. The van der Waals surface area contributed by atoms with E-state index in [0.29, 0.717) is 6.04 Å². The van der Waals surface area contributed by atoms with Crippen molar-refractivity contribution in [2.24, 2.45) is 5.92 Å². The van der Waals surface area contributed by atoms with E-state index in [9.17, 15) is 0 Å². The zero-order chi connectivity index (χ0) is 13.1. The molecular formula is C14H24N2OS. The Labute approximate surface area is 114 Å². The maximum atomic E-state index is 9.14. The van der Waals surface area contributed by atoms with Crippen molar-refractivity contribution in [1.82, 2.24) is 9.88 Å². The van der Waals surface area contributed by atoms with Gasteiger partial charge in [-0.2, -0.15) is 0 Å². The van der Waals surface area contributed by atoms with Crippen molar-refractivity contribution in [3.63, 3.8) is 0 Å². The van der Waals surface area contributed by atoms with E-state index in [4.69, 9.17) is 5.11 Å². The smallest absolute Gasteiger partial charge is 0.0931 e. The quantitative estimate of drug-likeness (QED) is 0.891. The second-order valence-electron chi connectivity index (χ2n) is 5.70. The van der Waals surface area contributed by atoms with E-state index in [2.05, 4.69) is 29.1 Å². The Bertz CT molecular complexity index is 378. The van der Waals surface area contributed by atoms with Crippen molar-refractivity contribution in [3.05, 3.63) is 16.1 Å². The van der Waals surface area contributed by atoms with Gasteiger partial charge in [-0.1, -0.05) is 6.92 Å².